The van der Waals surface area contributed by atoms with Crippen molar-refractivity contribution < 1.29 is 13.7 Å². The maximum atomic E-state index is 14.2. The van der Waals surface area contributed by atoms with Crippen LogP contribution in [0.15, 0.2) is 4.52 Å². The Kier molecular flexibility index (Phi) is 3.97. The van der Waals surface area contributed by atoms with Crippen molar-refractivity contribution in [1.29, 1.82) is 0 Å². The van der Waals surface area contributed by atoms with Gasteiger partial charge < -0.3 is 9.26 Å². The standard InChI is InChI=1S/C12H20FN3O2/c1-9(2)11-14-10(18-15-11)6-16-5-4-12(13,7-16)8-17-3/h9H,4-8H2,1-3H3. The molecule has 0 radical (unpaired) electrons. The topological polar surface area (TPSA) is 51.4 Å². The first-order valence-corrected chi connectivity index (χ1v) is 6.25. The van der Waals surface area contributed by atoms with Crippen LogP contribution < -0.4 is 0 Å². The zero-order valence-corrected chi connectivity index (χ0v) is 11.1. The molecule has 1 aromatic heterocycles. The molecule has 1 fully saturated rings. The number of methoxy groups -OCH3 is 1. The van der Waals surface area contributed by atoms with Crippen molar-refractivity contribution in [3.8, 4) is 0 Å². The Balaban J connectivity index is 1.91. The molecule has 0 saturated carbocycles. The largest absolute Gasteiger partial charge is 0.381 e. The molecule has 2 heterocycles. The molecule has 0 spiro atoms. The number of likely N-dealkylation sites (tertiary alicyclic amines) is 1. The smallest absolute Gasteiger partial charge is 0.240 e. The summed E-state index contributed by atoms with van der Waals surface area (Å²) >= 11 is 0. The fourth-order valence-corrected chi connectivity index (χ4v) is 2.19. The second kappa shape index (κ2) is 5.32. The highest BCUT2D eigenvalue weighted by Gasteiger charge is 2.38. The number of ether oxygens (including phenoxy) is 1. The van der Waals surface area contributed by atoms with Gasteiger partial charge in [-0.05, 0) is 6.42 Å². The van der Waals surface area contributed by atoms with Crippen molar-refractivity contribution in [3.63, 3.8) is 0 Å². The zero-order valence-electron chi connectivity index (χ0n) is 11.1. The molecule has 1 aliphatic heterocycles. The minimum absolute atomic E-state index is 0.143. The molecule has 0 N–H and O–H groups in total. The summed E-state index contributed by atoms with van der Waals surface area (Å²) in [6.07, 6.45) is 0.492. The van der Waals surface area contributed by atoms with Gasteiger partial charge in [0, 0.05) is 26.1 Å². The number of halogens is 1. The normalized spacial score (nSPS) is 25.2. The summed E-state index contributed by atoms with van der Waals surface area (Å²) in [7, 11) is 1.52. The Labute approximate surface area is 106 Å². The van der Waals surface area contributed by atoms with Crippen molar-refractivity contribution in [2.45, 2.75) is 38.4 Å². The van der Waals surface area contributed by atoms with E-state index in [1.807, 2.05) is 18.7 Å². The lowest BCUT2D eigenvalue weighted by Crippen LogP contribution is -2.33. The van der Waals surface area contributed by atoms with Crippen LogP contribution in [0.5, 0.6) is 0 Å². The van der Waals surface area contributed by atoms with Gasteiger partial charge in [0.2, 0.25) is 5.89 Å². The summed E-state index contributed by atoms with van der Waals surface area (Å²) in [6, 6.07) is 0. The third-order valence-electron chi connectivity index (χ3n) is 3.15. The maximum Gasteiger partial charge on any atom is 0.240 e. The van der Waals surface area contributed by atoms with E-state index in [4.69, 9.17) is 9.26 Å². The average molecular weight is 257 g/mol. The number of aromatic nitrogens is 2. The molecule has 1 unspecified atom stereocenters. The lowest BCUT2D eigenvalue weighted by Gasteiger charge is -2.18. The quantitative estimate of drug-likeness (QED) is 0.804. The van der Waals surface area contributed by atoms with Crippen LogP contribution in [0, 0.1) is 0 Å². The van der Waals surface area contributed by atoms with E-state index in [1.165, 1.54) is 7.11 Å². The molecule has 18 heavy (non-hydrogen) atoms. The molecule has 1 aliphatic rings. The molecule has 102 valence electrons. The summed E-state index contributed by atoms with van der Waals surface area (Å²) < 4.78 is 24.2. The molecular formula is C12H20FN3O2. The second-order valence-electron chi connectivity index (χ2n) is 5.25. The highest BCUT2D eigenvalue weighted by atomic mass is 19.1. The summed E-state index contributed by atoms with van der Waals surface area (Å²) in [5, 5.41) is 3.90. The number of alkyl halides is 1. The van der Waals surface area contributed by atoms with Crippen molar-refractivity contribution >= 4 is 0 Å². The Morgan fingerprint density at radius 2 is 2.33 bits per heavy atom. The van der Waals surface area contributed by atoms with Crippen LogP contribution >= 0.6 is 0 Å². The molecule has 5 nitrogen and oxygen atoms in total. The molecule has 0 aliphatic carbocycles. The van der Waals surface area contributed by atoms with Gasteiger partial charge in [0.15, 0.2) is 5.82 Å². The fraction of sp³-hybridized carbons (Fsp3) is 0.833. The van der Waals surface area contributed by atoms with E-state index in [9.17, 15) is 4.39 Å². The van der Waals surface area contributed by atoms with Crippen LogP contribution in [0.4, 0.5) is 4.39 Å². The van der Waals surface area contributed by atoms with Gasteiger partial charge in [0.1, 0.15) is 5.67 Å². The maximum absolute atomic E-state index is 14.2. The van der Waals surface area contributed by atoms with Gasteiger partial charge in [-0.2, -0.15) is 4.98 Å². The highest BCUT2D eigenvalue weighted by Crippen LogP contribution is 2.27. The van der Waals surface area contributed by atoms with E-state index in [-0.39, 0.29) is 12.5 Å². The van der Waals surface area contributed by atoms with Crippen LogP contribution in [-0.4, -0.2) is 47.5 Å². The average Bonchev–Trinajstić information content (AvgIpc) is 2.87. The Morgan fingerprint density at radius 3 is 2.94 bits per heavy atom. The van der Waals surface area contributed by atoms with Crippen LogP contribution in [0.1, 0.15) is 37.9 Å². The van der Waals surface area contributed by atoms with Crippen LogP contribution in [-0.2, 0) is 11.3 Å². The first-order chi connectivity index (χ1) is 8.52. The first kappa shape index (κ1) is 13.4. The molecule has 0 amide bonds. The minimum Gasteiger partial charge on any atom is -0.381 e. The SMILES string of the molecule is COCC1(F)CCN(Cc2nc(C(C)C)no2)C1. The summed E-state index contributed by atoms with van der Waals surface area (Å²) in [5.41, 5.74) is -1.24. The van der Waals surface area contributed by atoms with Gasteiger partial charge in [-0.1, -0.05) is 19.0 Å². The van der Waals surface area contributed by atoms with Crippen molar-refractivity contribution in [1.82, 2.24) is 15.0 Å². The summed E-state index contributed by atoms with van der Waals surface area (Å²) in [6.45, 7) is 5.73. The molecule has 2 rings (SSSR count). The molecule has 0 aromatic carbocycles. The van der Waals surface area contributed by atoms with E-state index in [2.05, 4.69) is 10.1 Å². The number of hydrogen-bond donors (Lipinski definition) is 0. The van der Waals surface area contributed by atoms with Crippen LogP contribution in [0.25, 0.3) is 0 Å². The van der Waals surface area contributed by atoms with E-state index in [0.717, 1.165) is 0 Å². The predicted molar refractivity (Wildman–Crippen MR) is 64.0 cm³/mol. The molecule has 1 atom stereocenters. The Morgan fingerprint density at radius 1 is 1.56 bits per heavy atom. The van der Waals surface area contributed by atoms with Gasteiger partial charge >= 0.3 is 0 Å². The molecule has 1 aromatic rings. The second-order valence-corrected chi connectivity index (χ2v) is 5.25. The summed E-state index contributed by atoms with van der Waals surface area (Å²) in [4.78, 5) is 6.28. The minimum atomic E-state index is -1.24. The van der Waals surface area contributed by atoms with Gasteiger partial charge in [-0.25, -0.2) is 4.39 Å². The fourth-order valence-electron chi connectivity index (χ4n) is 2.19. The molecule has 0 bridgehead atoms. The zero-order chi connectivity index (χ0) is 13.2. The van der Waals surface area contributed by atoms with Gasteiger partial charge in [-0.3, -0.25) is 4.90 Å². The highest BCUT2D eigenvalue weighted by molar-refractivity contribution is 4.95. The van der Waals surface area contributed by atoms with Crippen molar-refractivity contribution in [2.75, 3.05) is 26.8 Å². The lowest BCUT2D eigenvalue weighted by atomic mass is 10.1. The van der Waals surface area contributed by atoms with E-state index >= 15 is 0 Å². The third-order valence-corrected chi connectivity index (χ3v) is 3.15. The van der Waals surface area contributed by atoms with Crippen LogP contribution in [0.3, 0.4) is 0 Å². The number of rotatable bonds is 5. The van der Waals surface area contributed by atoms with E-state index in [1.54, 1.807) is 0 Å². The Bertz CT molecular complexity index is 396. The summed E-state index contributed by atoms with van der Waals surface area (Å²) in [5.74, 6) is 1.50. The first-order valence-electron chi connectivity index (χ1n) is 6.25. The van der Waals surface area contributed by atoms with E-state index < -0.39 is 5.67 Å². The van der Waals surface area contributed by atoms with Gasteiger partial charge in [0.25, 0.3) is 0 Å². The third kappa shape index (κ3) is 3.05. The number of nitrogens with zero attached hydrogens (tertiary/aromatic N) is 3. The van der Waals surface area contributed by atoms with Gasteiger partial charge in [0.05, 0.1) is 13.2 Å². The van der Waals surface area contributed by atoms with Crippen molar-refractivity contribution in [3.05, 3.63) is 11.7 Å². The van der Waals surface area contributed by atoms with Gasteiger partial charge in [-0.15, -0.1) is 0 Å². The lowest BCUT2D eigenvalue weighted by molar-refractivity contribution is 0.0459. The monoisotopic (exact) mass is 257 g/mol. The van der Waals surface area contributed by atoms with E-state index in [0.29, 0.717) is 37.8 Å². The van der Waals surface area contributed by atoms with Crippen LogP contribution in [0.2, 0.25) is 0 Å². The number of hydrogen-bond acceptors (Lipinski definition) is 5. The predicted octanol–water partition coefficient (Wildman–Crippen LogP) is 1.75. The molecular weight excluding hydrogens is 237 g/mol. The molecule has 1 saturated heterocycles. The van der Waals surface area contributed by atoms with Crippen molar-refractivity contribution in [2.24, 2.45) is 0 Å². The molecule has 6 heteroatoms. The Hall–Kier alpha value is -1.01.